The summed E-state index contributed by atoms with van der Waals surface area (Å²) in [4.78, 5) is 4.01. The van der Waals surface area contributed by atoms with Crippen molar-refractivity contribution in [2.24, 2.45) is 10.9 Å². The molecular weight excluding hydrogens is 355 g/mol. The molecule has 104 valence electrons. The molecule has 3 N–H and O–H groups in total. The van der Waals surface area contributed by atoms with Crippen molar-refractivity contribution in [2.45, 2.75) is 13.8 Å². The number of aliphatic imine (C=N–C) groups is 1. The average molecular weight is 378 g/mol. The van der Waals surface area contributed by atoms with E-state index in [1.165, 1.54) is 0 Å². The van der Waals surface area contributed by atoms with Gasteiger partial charge in [0.25, 0.3) is 0 Å². The summed E-state index contributed by atoms with van der Waals surface area (Å²) < 4.78 is 23.9. The summed E-state index contributed by atoms with van der Waals surface area (Å²) in [6.45, 7) is 5.89. The van der Waals surface area contributed by atoms with Crippen molar-refractivity contribution in [3.8, 4) is 0 Å². The maximum absolute atomic E-state index is 10.8. The summed E-state index contributed by atoms with van der Waals surface area (Å²) in [5.41, 5.74) is 0. The normalized spacial score (nSPS) is 12.2. The number of nitrogens with zero attached hydrogens (tertiary/aromatic N) is 1. The van der Waals surface area contributed by atoms with Crippen molar-refractivity contribution in [2.75, 3.05) is 32.9 Å². The quantitative estimate of drug-likeness (QED) is 0.263. The Bertz CT molecular complexity index is 317. The molecule has 6 nitrogen and oxygen atoms in total. The van der Waals surface area contributed by atoms with Crippen molar-refractivity contribution < 1.29 is 8.42 Å². The average Bonchev–Trinajstić information content (AvgIpc) is 2.15. The number of sulfonamides is 1. The van der Waals surface area contributed by atoms with E-state index in [9.17, 15) is 8.42 Å². The molecule has 0 aliphatic heterocycles. The fourth-order valence-corrected chi connectivity index (χ4v) is 1.41. The molecular formula is C9H23IN4O2S. The summed E-state index contributed by atoms with van der Waals surface area (Å²) in [6.07, 6.45) is 1.14. The largest absolute Gasteiger partial charge is 0.356 e. The van der Waals surface area contributed by atoms with Gasteiger partial charge in [-0.1, -0.05) is 13.8 Å². The highest BCUT2D eigenvalue weighted by Crippen LogP contribution is 1.86. The van der Waals surface area contributed by atoms with E-state index in [4.69, 9.17) is 0 Å². The fraction of sp³-hybridized carbons (Fsp3) is 0.889. The van der Waals surface area contributed by atoms with Crippen LogP contribution in [-0.2, 0) is 10.0 Å². The lowest BCUT2D eigenvalue weighted by atomic mass is 10.2. The minimum absolute atomic E-state index is 0. The molecule has 8 heteroatoms. The first-order valence-electron chi connectivity index (χ1n) is 5.24. The van der Waals surface area contributed by atoms with E-state index in [2.05, 4.69) is 34.2 Å². The zero-order valence-corrected chi connectivity index (χ0v) is 13.9. The summed E-state index contributed by atoms with van der Waals surface area (Å²) in [7, 11) is -1.42. The molecule has 0 amide bonds. The van der Waals surface area contributed by atoms with E-state index in [0.717, 1.165) is 12.8 Å². The van der Waals surface area contributed by atoms with Crippen molar-refractivity contribution in [1.82, 2.24) is 15.4 Å². The molecule has 0 saturated heterocycles. The van der Waals surface area contributed by atoms with Gasteiger partial charge in [-0.15, -0.1) is 24.0 Å². The van der Waals surface area contributed by atoms with Crippen LogP contribution in [0.1, 0.15) is 13.8 Å². The molecule has 0 radical (unpaired) electrons. The number of hydrogen-bond acceptors (Lipinski definition) is 3. The van der Waals surface area contributed by atoms with E-state index < -0.39 is 10.0 Å². The first-order valence-corrected chi connectivity index (χ1v) is 7.13. The van der Waals surface area contributed by atoms with E-state index in [0.29, 0.717) is 25.0 Å². The van der Waals surface area contributed by atoms with Crippen LogP contribution in [0.5, 0.6) is 0 Å². The van der Waals surface area contributed by atoms with Crippen LogP contribution in [0.4, 0.5) is 0 Å². The van der Waals surface area contributed by atoms with Crippen molar-refractivity contribution >= 4 is 40.0 Å². The Kier molecular flexibility index (Phi) is 11.2. The molecule has 0 aliphatic carbocycles. The molecule has 0 aliphatic rings. The molecule has 0 aromatic carbocycles. The lowest BCUT2D eigenvalue weighted by Gasteiger charge is -2.13. The van der Waals surface area contributed by atoms with Crippen LogP contribution in [0.2, 0.25) is 0 Å². The first-order chi connectivity index (χ1) is 7.35. The Balaban J connectivity index is 0. The Morgan fingerprint density at radius 1 is 1.24 bits per heavy atom. The molecule has 17 heavy (non-hydrogen) atoms. The second-order valence-electron chi connectivity index (χ2n) is 3.94. The maximum atomic E-state index is 10.8. The third kappa shape index (κ3) is 13.8. The SMILES string of the molecule is CN=C(NCCNS(C)(=O)=O)NCC(C)C.I. The number of rotatable bonds is 6. The van der Waals surface area contributed by atoms with Gasteiger partial charge >= 0.3 is 0 Å². The van der Waals surface area contributed by atoms with Crippen LogP contribution in [0.25, 0.3) is 0 Å². The van der Waals surface area contributed by atoms with Gasteiger partial charge in [0.2, 0.25) is 10.0 Å². The van der Waals surface area contributed by atoms with E-state index in [-0.39, 0.29) is 24.0 Å². The molecule has 0 spiro atoms. The smallest absolute Gasteiger partial charge is 0.208 e. The van der Waals surface area contributed by atoms with Crippen molar-refractivity contribution in [1.29, 1.82) is 0 Å². The number of guanidine groups is 1. The van der Waals surface area contributed by atoms with Crippen LogP contribution in [0.15, 0.2) is 4.99 Å². The second kappa shape index (κ2) is 9.89. The lowest BCUT2D eigenvalue weighted by molar-refractivity contribution is 0.585. The molecule has 0 rings (SSSR count). The van der Waals surface area contributed by atoms with Gasteiger partial charge in [-0.3, -0.25) is 4.99 Å². The Hall–Kier alpha value is -0.0900. The van der Waals surface area contributed by atoms with Gasteiger partial charge in [-0.05, 0) is 5.92 Å². The molecule has 0 fully saturated rings. The van der Waals surface area contributed by atoms with Crippen LogP contribution >= 0.6 is 24.0 Å². The minimum atomic E-state index is -3.10. The van der Waals surface area contributed by atoms with Gasteiger partial charge < -0.3 is 10.6 Å². The predicted molar refractivity (Wildman–Crippen MR) is 82.5 cm³/mol. The molecule has 0 saturated carbocycles. The summed E-state index contributed by atoms with van der Waals surface area (Å²) in [5, 5.41) is 6.14. The summed E-state index contributed by atoms with van der Waals surface area (Å²) >= 11 is 0. The highest BCUT2D eigenvalue weighted by atomic mass is 127. The van der Waals surface area contributed by atoms with Crippen LogP contribution < -0.4 is 15.4 Å². The predicted octanol–water partition coefficient (Wildman–Crippen LogP) is -0.0254. The highest BCUT2D eigenvalue weighted by Gasteiger charge is 2.01. The standard InChI is InChI=1S/C9H22N4O2S.HI/c1-8(2)7-12-9(10-3)11-5-6-13-16(4,14)15;/h8,13H,5-7H2,1-4H3,(H2,10,11,12);1H. The maximum Gasteiger partial charge on any atom is 0.208 e. The topological polar surface area (TPSA) is 82.6 Å². The zero-order valence-electron chi connectivity index (χ0n) is 10.8. The van der Waals surface area contributed by atoms with Gasteiger partial charge in [0.15, 0.2) is 5.96 Å². The van der Waals surface area contributed by atoms with Crippen molar-refractivity contribution in [3.63, 3.8) is 0 Å². The van der Waals surface area contributed by atoms with Gasteiger partial charge in [-0.25, -0.2) is 13.1 Å². The lowest BCUT2D eigenvalue weighted by Crippen LogP contribution is -2.42. The molecule has 0 aromatic heterocycles. The van der Waals surface area contributed by atoms with Crippen molar-refractivity contribution in [3.05, 3.63) is 0 Å². The van der Waals surface area contributed by atoms with Crippen LogP contribution in [0, 0.1) is 5.92 Å². The van der Waals surface area contributed by atoms with Crippen LogP contribution in [0.3, 0.4) is 0 Å². The van der Waals surface area contributed by atoms with E-state index in [1.54, 1.807) is 7.05 Å². The molecule has 0 aromatic rings. The number of hydrogen-bond donors (Lipinski definition) is 3. The minimum Gasteiger partial charge on any atom is -0.356 e. The Morgan fingerprint density at radius 3 is 2.24 bits per heavy atom. The number of halogens is 1. The van der Waals surface area contributed by atoms with Crippen LogP contribution in [-0.4, -0.2) is 47.3 Å². The summed E-state index contributed by atoms with van der Waals surface area (Å²) in [5.74, 6) is 1.22. The molecule has 0 atom stereocenters. The molecule has 0 bridgehead atoms. The highest BCUT2D eigenvalue weighted by molar-refractivity contribution is 14.0. The Labute approximate surface area is 121 Å². The third-order valence-electron chi connectivity index (χ3n) is 1.68. The first kappa shape index (κ1) is 19.3. The van der Waals surface area contributed by atoms with Gasteiger partial charge in [0.05, 0.1) is 6.26 Å². The number of nitrogens with one attached hydrogen (secondary N) is 3. The molecule has 0 unspecified atom stereocenters. The Morgan fingerprint density at radius 2 is 1.82 bits per heavy atom. The second-order valence-corrected chi connectivity index (χ2v) is 5.77. The van der Waals surface area contributed by atoms with Gasteiger partial charge in [-0.2, -0.15) is 0 Å². The monoisotopic (exact) mass is 378 g/mol. The van der Waals surface area contributed by atoms with E-state index >= 15 is 0 Å². The van der Waals surface area contributed by atoms with Gasteiger partial charge in [0.1, 0.15) is 0 Å². The fourth-order valence-electron chi connectivity index (χ4n) is 0.939. The van der Waals surface area contributed by atoms with Gasteiger partial charge in [0, 0.05) is 26.7 Å². The van der Waals surface area contributed by atoms with E-state index in [1.807, 2.05) is 0 Å². The molecule has 0 heterocycles. The summed E-state index contributed by atoms with van der Waals surface area (Å²) in [6, 6.07) is 0. The third-order valence-corrected chi connectivity index (χ3v) is 2.41. The zero-order chi connectivity index (χ0) is 12.6.